The zero-order valence-electron chi connectivity index (χ0n) is 18.2. The molecule has 1 aliphatic heterocycles. The van der Waals surface area contributed by atoms with Crippen molar-refractivity contribution in [2.75, 3.05) is 25.7 Å². The van der Waals surface area contributed by atoms with E-state index in [1.54, 1.807) is 14.2 Å². The molecule has 2 aromatic carbocycles. The van der Waals surface area contributed by atoms with Gasteiger partial charge < -0.3 is 20.5 Å². The molecule has 0 aliphatic carbocycles. The predicted octanol–water partition coefficient (Wildman–Crippen LogP) is 3.97. The van der Waals surface area contributed by atoms with E-state index in [1.807, 2.05) is 49.4 Å². The molecule has 1 aliphatic rings. The van der Waals surface area contributed by atoms with Crippen LogP contribution in [0.1, 0.15) is 18.4 Å². The molecular formula is C22H22N6O3S2. The average molecular weight is 483 g/mol. The van der Waals surface area contributed by atoms with Gasteiger partial charge in [-0.15, -0.1) is 10.2 Å². The van der Waals surface area contributed by atoms with Gasteiger partial charge in [-0.25, -0.2) is 4.99 Å². The van der Waals surface area contributed by atoms with Crippen molar-refractivity contribution < 1.29 is 14.3 Å². The van der Waals surface area contributed by atoms with Crippen molar-refractivity contribution in [2.24, 2.45) is 9.98 Å². The maximum absolute atomic E-state index is 12.9. The van der Waals surface area contributed by atoms with E-state index in [1.165, 1.54) is 23.1 Å². The van der Waals surface area contributed by atoms with E-state index < -0.39 is 0 Å². The lowest BCUT2D eigenvalue weighted by molar-refractivity contribution is -0.117. The van der Waals surface area contributed by atoms with Crippen LogP contribution in [0.25, 0.3) is 0 Å². The lowest BCUT2D eigenvalue weighted by Gasteiger charge is -2.20. The number of nitrogens with one attached hydrogen (secondary N) is 1. The summed E-state index contributed by atoms with van der Waals surface area (Å²) in [5.41, 5.74) is 8.69. The standard InChI is InChI=1S/C22H22N6O3S2/c1-12-19(13-8-9-16(30-2)17(10-13)31-3)20(25-15-7-5-4-6-14(15)24-12)26-18(29)11-32-22-28-27-21(23)33-22/h4-10,19H,11H2,1-3H3,(H2,23,27)(H,25,26,29)/t19-/m0/s1. The summed E-state index contributed by atoms with van der Waals surface area (Å²) >= 11 is 2.51. The molecule has 3 N–H and O–H groups in total. The summed E-state index contributed by atoms with van der Waals surface area (Å²) in [5.74, 6) is 1.22. The van der Waals surface area contributed by atoms with Crippen LogP contribution in [-0.2, 0) is 4.79 Å². The summed E-state index contributed by atoms with van der Waals surface area (Å²) in [7, 11) is 3.17. The van der Waals surface area contributed by atoms with Crippen molar-refractivity contribution in [3.63, 3.8) is 0 Å². The number of fused-ring (bicyclic) bond motifs is 1. The Balaban J connectivity index is 1.68. The molecule has 0 radical (unpaired) electrons. The Kier molecular flexibility index (Phi) is 6.90. The van der Waals surface area contributed by atoms with Crippen LogP contribution >= 0.6 is 23.1 Å². The number of methoxy groups -OCH3 is 2. The maximum Gasteiger partial charge on any atom is 0.235 e. The summed E-state index contributed by atoms with van der Waals surface area (Å²) in [6.45, 7) is 1.92. The zero-order chi connectivity index (χ0) is 23.4. The Hall–Kier alpha value is -3.44. The smallest absolute Gasteiger partial charge is 0.235 e. The molecule has 1 aromatic heterocycles. The molecule has 3 aromatic rings. The quantitative estimate of drug-likeness (QED) is 0.510. The summed E-state index contributed by atoms with van der Waals surface area (Å²) in [4.78, 5) is 22.4. The molecule has 0 unspecified atom stereocenters. The molecule has 4 rings (SSSR count). The fourth-order valence-corrected chi connectivity index (χ4v) is 4.85. The number of anilines is 1. The van der Waals surface area contributed by atoms with Gasteiger partial charge >= 0.3 is 0 Å². The third-order valence-electron chi connectivity index (χ3n) is 4.87. The fourth-order valence-electron chi connectivity index (χ4n) is 3.42. The molecule has 1 amide bonds. The first kappa shape index (κ1) is 22.7. The van der Waals surface area contributed by atoms with Crippen LogP contribution in [0.15, 0.2) is 56.8 Å². The Morgan fingerprint density at radius 2 is 1.82 bits per heavy atom. The van der Waals surface area contributed by atoms with Crippen molar-refractivity contribution in [2.45, 2.75) is 17.2 Å². The molecule has 0 fully saturated rings. The van der Waals surface area contributed by atoms with Gasteiger partial charge in [0.2, 0.25) is 11.0 Å². The number of amidine groups is 1. The second-order valence-corrected chi connectivity index (χ2v) is 9.26. The molecule has 0 saturated heterocycles. The first-order chi connectivity index (χ1) is 16.0. The summed E-state index contributed by atoms with van der Waals surface area (Å²) < 4.78 is 11.5. The number of amides is 1. The van der Waals surface area contributed by atoms with Crippen LogP contribution in [0.4, 0.5) is 16.5 Å². The van der Waals surface area contributed by atoms with Crippen molar-refractivity contribution in [3.8, 4) is 11.5 Å². The predicted molar refractivity (Wildman–Crippen MR) is 132 cm³/mol. The summed E-state index contributed by atoms with van der Waals surface area (Å²) in [5, 5.41) is 11.1. The number of carbonyl (C=O) groups excluding carboxylic acids is 1. The minimum Gasteiger partial charge on any atom is -0.493 e. The van der Waals surface area contributed by atoms with Crippen LogP contribution in [0.3, 0.4) is 0 Å². The van der Waals surface area contributed by atoms with Gasteiger partial charge in [-0.2, -0.15) is 0 Å². The molecule has 1 atom stereocenters. The highest BCUT2D eigenvalue weighted by Gasteiger charge is 2.27. The van der Waals surface area contributed by atoms with Gasteiger partial charge in [0, 0.05) is 5.71 Å². The van der Waals surface area contributed by atoms with E-state index >= 15 is 0 Å². The number of nitrogens with two attached hydrogens (primary N) is 1. The van der Waals surface area contributed by atoms with Crippen molar-refractivity contribution in [3.05, 3.63) is 48.0 Å². The van der Waals surface area contributed by atoms with Gasteiger partial charge in [-0.3, -0.25) is 9.79 Å². The number of nitrogen functional groups attached to an aromatic ring is 1. The molecule has 33 heavy (non-hydrogen) atoms. The number of aromatic nitrogens is 2. The maximum atomic E-state index is 12.9. The number of thioether (sulfide) groups is 1. The van der Waals surface area contributed by atoms with E-state index in [0.29, 0.717) is 32.5 Å². The molecule has 2 heterocycles. The Morgan fingerprint density at radius 3 is 2.48 bits per heavy atom. The minimum absolute atomic E-state index is 0.143. The molecule has 11 heteroatoms. The van der Waals surface area contributed by atoms with Gasteiger partial charge in [-0.1, -0.05) is 41.3 Å². The lowest BCUT2D eigenvalue weighted by atomic mass is 9.92. The van der Waals surface area contributed by atoms with E-state index in [2.05, 4.69) is 15.5 Å². The van der Waals surface area contributed by atoms with E-state index in [0.717, 1.165) is 17.0 Å². The molecular weight excluding hydrogens is 460 g/mol. The van der Waals surface area contributed by atoms with Crippen molar-refractivity contribution >= 4 is 57.1 Å². The third kappa shape index (κ3) is 5.15. The van der Waals surface area contributed by atoms with Gasteiger partial charge in [0.05, 0.1) is 37.3 Å². The average Bonchev–Trinajstić information content (AvgIpc) is 3.17. The second kappa shape index (κ2) is 10.0. The number of ether oxygens (including phenoxy) is 2. The first-order valence-electron chi connectivity index (χ1n) is 9.95. The highest BCUT2D eigenvalue weighted by atomic mass is 32.2. The Bertz CT molecular complexity index is 1240. The van der Waals surface area contributed by atoms with Crippen LogP contribution in [-0.4, -0.2) is 47.6 Å². The highest BCUT2D eigenvalue weighted by molar-refractivity contribution is 8.01. The number of nitrogens with zero attached hydrogens (tertiary/aromatic N) is 4. The lowest BCUT2D eigenvalue weighted by Crippen LogP contribution is -2.38. The molecule has 170 valence electrons. The number of aliphatic imine (C=N–C) groups is 2. The van der Waals surface area contributed by atoms with E-state index in [9.17, 15) is 4.79 Å². The first-order valence-corrected chi connectivity index (χ1v) is 11.7. The monoisotopic (exact) mass is 482 g/mol. The summed E-state index contributed by atoms with van der Waals surface area (Å²) in [6.07, 6.45) is 0. The Morgan fingerprint density at radius 1 is 1.09 bits per heavy atom. The van der Waals surface area contributed by atoms with Crippen molar-refractivity contribution in [1.29, 1.82) is 0 Å². The number of rotatable bonds is 6. The minimum atomic E-state index is -0.386. The molecule has 0 saturated carbocycles. The second-order valence-electron chi connectivity index (χ2n) is 7.03. The highest BCUT2D eigenvalue weighted by Crippen LogP contribution is 2.37. The van der Waals surface area contributed by atoms with Crippen LogP contribution in [0.2, 0.25) is 0 Å². The number of carbonyl (C=O) groups is 1. The van der Waals surface area contributed by atoms with Gasteiger partial charge in [-0.05, 0) is 36.8 Å². The third-order valence-corrected chi connectivity index (χ3v) is 6.75. The fraction of sp³-hybridized carbons (Fsp3) is 0.227. The Labute approximate surface area is 199 Å². The summed E-state index contributed by atoms with van der Waals surface area (Å²) in [6, 6.07) is 13.2. The SMILES string of the molecule is COc1ccc([C@@H]2C(C)=Nc3ccccc3N=C2NC(=O)CSc2nnc(N)s2)cc1OC. The molecule has 0 spiro atoms. The van der Waals surface area contributed by atoms with E-state index in [-0.39, 0.29) is 17.6 Å². The number of benzene rings is 2. The van der Waals surface area contributed by atoms with Crippen LogP contribution < -0.4 is 20.5 Å². The zero-order valence-corrected chi connectivity index (χ0v) is 19.9. The van der Waals surface area contributed by atoms with Gasteiger partial charge in [0.15, 0.2) is 15.8 Å². The largest absolute Gasteiger partial charge is 0.493 e. The topological polar surface area (TPSA) is 124 Å². The normalized spacial score (nSPS) is 15.1. The van der Waals surface area contributed by atoms with Gasteiger partial charge in [0.25, 0.3) is 0 Å². The number of hydrogen-bond donors (Lipinski definition) is 2. The molecule has 0 bridgehead atoms. The van der Waals surface area contributed by atoms with Crippen molar-refractivity contribution in [1.82, 2.24) is 15.5 Å². The number of para-hydroxylation sites is 2. The van der Waals surface area contributed by atoms with E-state index in [4.69, 9.17) is 25.2 Å². The number of hydrogen-bond acceptors (Lipinski definition) is 10. The van der Waals surface area contributed by atoms with Crippen LogP contribution in [0.5, 0.6) is 11.5 Å². The van der Waals surface area contributed by atoms with Gasteiger partial charge in [0.1, 0.15) is 5.84 Å². The van der Waals surface area contributed by atoms with Crippen LogP contribution in [0, 0.1) is 0 Å². The molecule has 9 nitrogen and oxygen atoms in total.